The smallest absolute Gasteiger partial charge is 0.227 e. The van der Waals surface area contributed by atoms with Gasteiger partial charge in [0.2, 0.25) is 5.91 Å². The molecule has 0 rings (SSSR count). The minimum Gasteiger partial charge on any atom is -0.379 e. The van der Waals surface area contributed by atoms with Gasteiger partial charge in [0.05, 0.1) is 18.1 Å². The van der Waals surface area contributed by atoms with Crippen molar-refractivity contribution in [1.29, 1.82) is 0 Å². The lowest BCUT2D eigenvalue weighted by atomic mass is 9.89. The lowest BCUT2D eigenvalue weighted by molar-refractivity contribution is -0.128. The van der Waals surface area contributed by atoms with E-state index in [4.69, 9.17) is 4.74 Å². The first-order chi connectivity index (χ1) is 10.6. The lowest BCUT2D eigenvalue weighted by Crippen LogP contribution is -2.46. The van der Waals surface area contributed by atoms with E-state index in [9.17, 15) is 4.79 Å². The van der Waals surface area contributed by atoms with Crippen molar-refractivity contribution in [3.8, 4) is 0 Å². The first kappa shape index (κ1) is 21.7. The van der Waals surface area contributed by atoms with Crippen LogP contribution in [0, 0.1) is 10.8 Å². The summed E-state index contributed by atoms with van der Waals surface area (Å²) in [4.78, 5) is 16.6. The van der Waals surface area contributed by atoms with Crippen LogP contribution in [0.15, 0.2) is 4.99 Å². The van der Waals surface area contributed by atoms with Gasteiger partial charge in [0.15, 0.2) is 5.96 Å². The predicted octanol–water partition coefficient (Wildman–Crippen LogP) is 1.76. The summed E-state index contributed by atoms with van der Waals surface area (Å²) in [7, 11) is 1.72. The van der Waals surface area contributed by atoms with Crippen molar-refractivity contribution >= 4 is 11.9 Å². The first-order valence-corrected chi connectivity index (χ1v) is 8.41. The molecule has 0 saturated carbocycles. The van der Waals surface area contributed by atoms with Crippen LogP contribution in [0.25, 0.3) is 0 Å². The summed E-state index contributed by atoms with van der Waals surface area (Å²) in [5.74, 6) is 0.722. The summed E-state index contributed by atoms with van der Waals surface area (Å²) in [6.45, 7) is 16.6. The minimum atomic E-state index is -0.539. The van der Waals surface area contributed by atoms with Gasteiger partial charge in [-0.2, -0.15) is 0 Å². The number of carbonyl (C=O) groups excluding carboxylic acids is 1. The molecule has 3 N–H and O–H groups in total. The van der Waals surface area contributed by atoms with E-state index in [0.29, 0.717) is 25.6 Å². The van der Waals surface area contributed by atoms with Gasteiger partial charge in [-0.25, -0.2) is 0 Å². The van der Waals surface area contributed by atoms with E-state index in [1.807, 2.05) is 27.7 Å². The first-order valence-electron chi connectivity index (χ1n) is 8.41. The number of guanidine groups is 1. The lowest BCUT2D eigenvalue weighted by Gasteiger charge is -2.30. The molecule has 0 aliphatic rings. The second-order valence-electron chi connectivity index (χ2n) is 7.41. The second kappa shape index (κ2) is 9.75. The fourth-order valence-electron chi connectivity index (χ4n) is 2.02. The Bertz CT molecular complexity index is 387. The summed E-state index contributed by atoms with van der Waals surface area (Å²) in [5.41, 5.74) is -0.498. The number of aliphatic imine (C=N–C) groups is 1. The SMILES string of the molecule is CCNC(=O)C(C)(C)CN=C(NCC)NCC(OC)C(C)(C)C. The molecule has 0 aromatic rings. The highest BCUT2D eigenvalue weighted by Crippen LogP contribution is 2.21. The van der Waals surface area contributed by atoms with Gasteiger partial charge in [0.25, 0.3) is 0 Å². The molecule has 0 aromatic heterocycles. The quantitative estimate of drug-likeness (QED) is 0.469. The largest absolute Gasteiger partial charge is 0.379 e. The van der Waals surface area contributed by atoms with Gasteiger partial charge < -0.3 is 20.7 Å². The topological polar surface area (TPSA) is 74.8 Å². The molecule has 0 fully saturated rings. The molecular formula is C17H36N4O2. The summed E-state index contributed by atoms with van der Waals surface area (Å²) in [6, 6.07) is 0. The second-order valence-corrected chi connectivity index (χ2v) is 7.41. The van der Waals surface area contributed by atoms with Crippen molar-refractivity contribution < 1.29 is 9.53 Å². The van der Waals surface area contributed by atoms with E-state index in [0.717, 1.165) is 6.54 Å². The number of nitrogens with zero attached hydrogens (tertiary/aromatic N) is 1. The van der Waals surface area contributed by atoms with Gasteiger partial charge in [-0.1, -0.05) is 20.8 Å². The molecule has 1 unspecified atom stereocenters. The van der Waals surface area contributed by atoms with Gasteiger partial charge >= 0.3 is 0 Å². The van der Waals surface area contributed by atoms with Gasteiger partial charge in [0, 0.05) is 26.7 Å². The maximum Gasteiger partial charge on any atom is 0.227 e. The molecule has 0 aromatic carbocycles. The zero-order chi connectivity index (χ0) is 18.1. The third-order valence-electron chi connectivity index (χ3n) is 3.63. The van der Waals surface area contributed by atoms with Gasteiger partial charge in [0.1, 0.15) is 0 Å². The number of rotatable bonds is 8. The van der Waals surface area contributed by atoms with E-state index in [2.05, 4.69) is 41.7 Å². The van der Waals surface area contributed by atoms with Crippen LogP contribution in [-0.2, 0) is 9.53 Å². The standard InChI is InChI=1S/C17H36N4O2/c1-9-18-14(22)17(6,7)12-21-15(19-10-2)20-11-13(23-8)16(3,4)5/h13H,9-12H2,1-8H3,(H,18,22)(H2,19,20,21). The normalized spacial score (nSPS) is 14.3. The molecule has 6 nitrogen and oxygen atoms in total. The molecule has 0 aliphatic heterocycles. The van der Waals surface area contributed by atoms with Crippen LogP contribution in [0.4, 0.5) is 0 Å². The Kier molecular flexibility index (Phi) is 9.20. The van der Waals surface area contributed by atoms with Crippen molar-refractivity contribution in [2.24, 2.45) is 15.8 Å². The van der Waals surface area contributed by atoms with Crippen molar-refractivity contribution in [3.63, 3.8) is 0 Å². The maximum absolute atomic E-state index is 12.0. The Hall–Kier alpha value is -1.30. The van der Waals surface area contributed by atoms with Gasteiger partial charge in [-0.15, -0.1) is 0 Å². The molecule has 1 amide bonds. The molecular weight excluding hydrogens is 292 g/mol. The van der Waals surface area contributed by atoms with Crippen LogP contribution in [0.2, 0.25) is 0 Å². The fourth-order valence-corrected chi connectivity index (χ4v) is 2.02. The van der Waals surface area contributed by atoms with E-state index in [-0.39, 0.29) is 17.4 Å². The Morgan fingerprint density at radius 2 is 1.61 bits per heavy atom. The average Bonchev–Trinajstić information content (AvgIpc) is 2.44. The Balaban J connectivity index is 4.81. The molecule has 0 heterocycles. The number of ether oxygens (including phenoxy) is 1. The molecule has 0 spiro atoms. The molecule has 1 atom stereocenters. The summed E-state index contributed by atoms with van der Waals surface area (Å²) >= 11 is 0. The van der Waals surface area contributed by atoms with Crippen LogP contribution < -0.4 is 16.0 Å². The van der Waals surface area contributed by atoms with E-state index < -0.39 is 5.41 Å². The van der Waals surface area contributed by atoms with Crippen molar-refractivity contribution in [2.45, 2.75) is 54.6 Å². The Morgan fingerprint density at radius 1 is 1.04 bits per heavy atom. The van der Waals surface area contributed by atoms with Crippen LogP contribution in [0.3, 0.4) is 0 Å². The van der Waals surface area contributed by atoms with E-state index in [1.54, 1.807) is 7.11 Å². The minimum absolute atomic E-state index is 0.0176. The number of amides is 1. The zero-order valence-corrected chi connectivity index (χ0v) is 16.2. The molecule has 0 saturated heterocycles. The Labute approximate surface area is 141 Å². The summed E-state index contributed by atoms with van der Waals surface area (Å²) in [5, 5.41) is 9.36. The van der Waals surface area contributed by atoms with Crippen molar-refractivity contribution in [2.75, 3.05) is 33.3 Å². The van der Waals surface area contributed by atoms with Crippen molar-refractivity contribution in [1.82, 2.24) is 16.0 Å². The summed E-state index contributed by atoms with van der Waals surface area (Å²) < 4.78 is 5.55. The van der Waals surface area contributed by atoms with E-state index >= 15 is 0 Å². The van der Waals surface area contributed by atoms with Gasteiger partial charge in [-0.05, 0) is 33.1 Å². The predicted molar refractivity (Wildman–Crippen MR) is 96.7 cm³/mol. The average molecular weight is 329 g/mol. The van der Waals surface area contributed by atoms with Gasteiger partial charge in [-0.3, -0.25) is 9.79 Å². The number of hydrogen-bond donors (Lipinski definition) is 3. The molecule has 0 radical (unpaired) electrons. The molecule has 0 aliphatic carbocycles. The zero-order valence-electron chi connectivity index (χ0n) is 16.2. The Morgan fingerprint density at radius 3 is 2.04 bits per heavy atom. The number of nitrogens with one attached hydrogen (secondary N) is 3. The molecule has 6 heteroatoms. The van der Waals surface area contributed by atoms with E-state index in [1.165, 1.54) is 0 Å². The highest BCUT2D eigenvalue weighted by atomic mass is 16.5. The molecule has 23 heavy (non-hydrogen) atoms. The maximum atomic E-state index is 12.0. The summed E-state index contributed by atoms with van der Waals surface area (Å²) in [6.07, 6.45) is 0.0720. The van der Waals surface area contributed by atoms with Crippen LogP contribution in [0.5, 0.6) is 0 Å². The number of carbonyl (C=O) groups is 1. The van der Waals surface area contributed by atoms with Crippen molar-refractivity contribution in [3.05, 3.63) is 0 Å². The number of methoxy groups -OCH3 is 1. The third-order valence-corrected chi connectivity index (χ3v) is 3.63. The third kappa shape index (κ3) is 8.21. The highest BCUT2D eigenvalue weighted by Gasteiger charge is 2.27. The molecule has 0 bridgehead atoms. The highest BCUT2D eigenvalue weighted by molar-refractivity contribution is 5.83. The van der Waals surface area contributed by atoms with Crippen LogP contribution >= 0.6 is 0 Å². The van der Waals surface area contributed by atoms with Crippen LogP contribution in [-0.4, -0.2) is 51.3 Å². The fraction of sp³-hybridized carbons (Fsp3) is 0.882. The monoisotopic (exact) mass is 328 g/mol. The van der Waals surface area contributed by atoms with Crippen LogP contribution in [0.1, 0.15) is 48.5 Å². The molecule has 136 valence electrons. The number of hydrogen-bond acceptors (Lipinski definition) is 3.